The zero-order valence-corrected chi connectivity index (χ0v) is 11.9. The van der Waals surface area contributed by atoms with E-state index in [-0.39, 0.29) is 11.7 Å². The minimum atomic E-state index is 0.224. The van der Waals surface area contributed by atoms with Gasteiger partial charge in [-0.1, -0.05) is 37.7 Å². The van der Waals surface area contributed by atoms with Gasteiger partial charge in [0.15, 0.2) is 5.82 Å². The molecule has 0 aliphatic heterocycles. The summed E-state index contributed by atoms with van der Waals surface area (Å²) in [5.74, 6) is 1.29. The SMILES string of the molecule is CSc1nnc(C(C)C)n1/N=C\c1cccc(O)c1. The number of phenolic OH excluding ortho intramolecular Hbond substituents is 1. The molecule has 0 saturated carbocycles. The molecular weight excluding hydrogens is 260 g/mol. The quantitative estimate of drug-likeness (QED) is 0.689. The van der Waals surface area contributed by atoms with Gasteiger partial charge in [-0.05, 0) is 24.0 Å². The van der Waals surface area contributed by atoms with E-state index in [4.69, 9.17) is 0 Å². The Hall–Kier alpha value is -1.82. The van der Waals surface area contributed by atoms with Gasteiger partial charge in [0.05, 0.1) is 6.21 Å². The number of hydrogen-bond acceptors (Lipinski definition) is 5. The van der Waals surface area contributed by atoms with Crippen LogP contribution in [0, 0.1) is 0 Å². The monoisotopic (exact) mass is 276 g/mol. The molecule has 1 heterocycles. The molecule has 0 atom stereocenters. The molecule has 2 rings (SSSR count). The zero-order chi connectivity index (χ0) is 13.8. The Balaban J connectivity index is 2.34. The van der Waals surface area contributed by atoms with E-state index in [9.17, 15) is 5.11 Å². The lowest BCUT2D eigenvalue weighted by molar-refractivity contribution is 0.475. The van der Waals surface area contributed by atoms with Gasteiger partial charge in [0.1, 0.15) is 5.75 Å². The summed E-state index contributed by atoms with van der Waals surface area (Å²) < 4.78 is 1.74. The maximum Gasteiger partial charge on any atom is 0.211 e. The number of phenols is 1. The van der Waals surface area contributed by atoms with Crippen LogP contribution in [-0.4, -0.2) is 32.5 Å². The molecule has 2 aromatic rings. The molecule has 0 bridgehead atoms. The Morgan fingerprint density at radius 2 is 2.16 bits per heavy atom. The minimum Gasteiger partial charge on any atom is -0.508 e. The third-order valence-electron chi connectivity index (χ3n) is 2.53. The number of hydrogen-bond donors (Lipinski definition) is 1. The van der Waals surface area contributed by atoms with Crippen molar-refractivity contribution in [3.63, 3.8) is 0 Å². The summed E-state index contributed by atoms with van der Waals surface area (Å²) in [4.78, 5) is 0. The molecule has 0 fully saturated rings. The van der Waals surface area contributed by atoms with Gasteiger partial charge in [0, 0.05) is 5.92 Å². The van der Waals surface area contributed by atoms with Crippen LogP contribution in [0.25, 0.3) is 0 Å². The molecule has 0 spiro atoms. The molecule has 0 amide bonds. The first-order valence-electron chi connectivity index (χ1n) is 5.94. The van der Waals surface area contributed by atoms with Crippen LogP contribution in [-0.2, 0) is 0 Å². The first kappa shape index (κ1) is 13.6. The van der Waals surface area contributed by atoms with Crippen LogP contribution < -0.4 is 0 Å². The minimum absolute atomic E-state index is 0.224. The summed E-state index contributed by atoms with van der Waals surface area (Å²) in [7, 11) is 0. The number of aromatic hydroxyl groups is 1. The maximum atomic E-state index is 9.42. The van der Waals surface area contributed by atoms with Crippen molar-refractivity contribution in [3.8, 4) is 5.75 Å². The summed E-state index contributed by atoms with van der Waals surface area (Å²) in [6.07, 6.45) is 3.63. The normalized spacial score (nSPS) is 11.6. The van der Waals surface area contributed by atoms with E-state index >= 15 is 0 Å². The molecule has 0 radical (unpaired) electrons. The van der Waals surface area contributed by atoms with Gasteiger partial charge in [-0.15, -0.1) is 10.2 Å². The Kier molecular flexibility index (Phi) is 4.21. The van der Waals surface area contributed by atoms with E-state index in [1.807, 2.05) is 12.3 Å². The summed E-state index contributed by atoms with van der Waals surface area (Å²) in [5, 5.41) is 22.8. The summed E-state index contributed by atoms with van der Waals surface area (Å²) in [6, 6.07) is 6.94. The lowest BCUT2D eigenvalue weighted by atomic mass is 10.2. The molecule has 5 nitrogen and oxygen atoms in total. The summed E-state index contributed by atoms with van der Waals surface area (Å²) in [6.45, 7) is 4.10. The van der Waals surface area contributed by atoms with Gasteiger partial charge in [0.25, 0.3) is 0 Å². The third-order valence-corrected chi connectivity index (χ3v) is 3.15. The van der Waals surface area contributed by atoms with Crippen molar-refractivity contribution in [1.82, 2.24) is 14.9 Å². The molecule has 19 heavy (non-hydrogen) atoms. The van der Waals surface area contributed by atoms with E-state index in [1.54, 1.807) is 29.1 Å². The van der Waals surface area contributed by atoms with Gasteiger partial charge in [-0.2, -0.15) is 9.78 Å². The largest absolute Gasteiger partial charge is 0.508 e. The first-order valence-corrected chi connectivity index (χ1v) is 7.17. The maximum absolute atomic E-state index is 9.42. The van der Waals surface area contributed by atoms with Gasteiger partial charge in [-0.3, -0.25) is 0 Å². The molecule has 0 aliphatic rings. The van der Waals surface area contributed by atoms with Gasteiger partial charge >= 0.3 is 0 Å². The smallest absolute Gasteiger partial charge is 0.211 e. The lowest BCUT2D eigenvalue weighted by Crippen LogP contribution is -2.01. The lowest BCUT2D eigenvalue weighted by Gasteiger charge is -2.05. The number of nitrogens with zero attached hydrogens (tertiary/aromatic N) is 4. The van der Waals surface area contributed by atoms with E-state index in [0.717, 1.165) is 16.5 Å². The highest BCUT2D eigenvalue weighted by atomic mass is 32.2. The van der Waals surface area contributed by atoms with Crippen LogP contribution >= 0.6 is 11.8 Å². The highest BCUT2D eigenvalue weighted by Crippen LogP contribution is 2.19. The van der Waals surface area contributed by atoms with Crippen molar-refractivity contribution < 1.29 is 5.11 Å². The number of aromatic nitrogens is 3. The summed E-state index contributed by atoms with van der Waals surface area (Å²) >= 11 is 1.50. The Labute approximate surface area is 116 Å². The van der Waals surface area contributed by atoms with Crippen LogP contribution in [0.15, 0.2) is 34.5 Å². The van der Waals surface area contributed by atoms with Gasteiger partial charge < -0.3 is 5.11 Å². The van der Waals surface area contributed by atoms with Crippen molar-refractivity contribution in [2.75, 3.05) is 6.26 Å². The fraction of sp³-hybridized carbons (Fsp3) is 0.308. The van der Waals surface area contributed by atoms with E-state index < -0.39 is 0 Å². The molecule has 1 aromatic carbocycles. The van der Waals surface area contributed by atoms with Gasteiger partial charge in [0.2, 0.25) is 5.16 Å². The Bertz CT molecular complexity index is 592. The highest BCUT2D eigenvalue weighted by molar-refractivity contribution is 7.98. The topological polar surface area (TPSA) is 63.3 Å². The average molecular weight is 276 g/mol. The molecule has 0 unspecified atom stereocenters. The van der Waals surface area contributed by atoms with Crippen LogP contribution in [0.2, 0.25) is 0 Å². The van der Waals surface area contributed by atoms with Crippen LogP contribution in [0.1, 0.15) is 31.2 Å². The summed E-state index contributed by atoms with van der Waals surface area (Å²) in [5.41, 5.74) is 0.829. The second-order valence-electron chi connectivity index (χ2n) is 4.35. The Morgan fingerprint density at radius 1 is 1.37 bits per heavy atom. The first-order chi connectivity index (χ1) is 9.11. The van der Waals surface area contributed by atoms with Crippen molar-refractivity contribution in [2.45, 2.75) is 24.9 Å². The van der Waals surface area contributed by atoms with Crippen molar-refractivity contribution in [1.29, 1.82) is 0 Å². The van der Waals surface area contributed by atoms with Crippen LogP contribution in [0.3, 0.4) is 0 Å². The Morgan fingerprint density at radius 3 is 2.79 bits per heavy atom. The molecule has 6 heteroatoms. The predicted molar refractivity (Wildman–Crippen MR) is 77.0 cm³/mol. The second-order valence-corrected chi connectivity index (χ2v) is 5.12. The van der Waals surface area contributed by atoms with Gasteiger partial charge in [-0.25, -0.2) is 0 Å². The predicted octanol–water partition coefficient (Wildman–Crippen LogP) is 2.71. The standard InChI is InChI=1S/C13H16N4OS/c1-9(2)12-15-16-13(19-3)17(12)14-8-10-5-4-6-11(18)7-10/h4-9,18H,1-3H3/b14-8-. The molecule has 0 saturated heterocycles. The van der Waals surface area contributed by atoms with E-state index in [1.165, 1.54) is 11.8 Å². The molecule has 1 N–H and O–H groups in total. The fourth-order valence-corrected chi connectivity index (χ4v) is 2.04. The number of rotatable bonds is 4. The van der Waals surface area contributed by atoms with Crippen LogP contribution in [0.4, 0.5) is 0 Å². The third kappa shape index (κ3) is 3.14. The molecular formula is C13H16N4OS. The van der Waals surface area contributed by atoms with Crippen molar-refractivity contribution >= 4 is 18.0 Å². The molecule has 1 aromatic heterocycles. The number of benzene rings is 1. The number of thioether (sulfide) groups is 1. The highest BCUT2D eigenvalue weighted by Gasteiger charge is 2.13. The second kappa shape index (κ2) is 5.88. The van der Waals surface area contributed by atoms with E-state index in [2.05, 4.69) is 29.1 Å². The molecule has 100 valence electrons. The van der Waals surface area contributed by atoms with E-state index in [0.29, 0.717) is 0 Å². The molecule has 0 aliphatic carbocycles. The fourth-order valence-electron chi connectivity index (χ4n) is 1.60. The average Bonchev–Trinajstić information content (AvgIpc) is 2.79. The van der Waals surface area contributed by atoms with Crippen molar-refractivity contribution in [3.05, 3.63) is 35.7 Å². The van der Waals surface area contributed by atoms with Crippen LogP contribution in [0.5, 0.6) is 5.75 Å². The van der Waals surface area contributed by atoms with Crippen molar-refractivity contribution in [2.24, 2.45) is 5.10 Å². The zero-order valence-electron chi connectivity index (χ0n) is 11.1.